The third kappa shape index (κ3) is 3.82. The first-order valence-corrected chi connectivity index (χ1v) is 8.37. The summed E-state index contributed by atoms with van der Waals surface area (Å²) in [5.41, 5.74) is -0.813. The molecular formula is C18H32O4. The van der Waals surface area contributed by atoms with E-state index in [4.69, 9.17) is 9.47 Å². The first kappa shape index (κ1) is 19.0. The van der Waals surface area contributed by atoms with Gasteiger partial charge >= 0.3 is 11.9 Å². The van der Waals surface area contributed by atoms with Gasteiger partial charge in [0.15, 0.2) is 0 Å². The highest BCUT2D eigenvalue weighted by Crippen LogP contribution is 2.50. The molecule has 4 nitrogen and oxygen atoms in total. The zero-order chi connectivity index (χ0) is 17.2. The highest BCUT2D eigenvalue weighted by atomic mass is 16.6. The molecule has 0 saturated carbocycles. The quantitative estimate of drug-likeness (QED) is 0.692. The van der Waals surface area contributed by atoms with Gasteiger partial charge in [-0.3, -0.25) is 4.79 Å². The zero-order valence-electron chi connectivity index (χ0n) is 15.2. The highest BCUT2D eigenvalue weighted by molar-refractivity contribution is 5.83. The van der Waals surface area contributed by atoms with E-state index in [1.165, 1.54) is 0 Å². The van der Waals surface area contributed by atoms with Crippen LogP contribution in [0.5, 0.6) is 0 Å². The summed E-state index contributed by atoms with van der Waals surface area (Å²) in [5, 5.41) is 0. The number of rotatable bonds is 6. The summed E-state index contributed by atoms with van der Waals surface area (Å²) in [4.78, 5) is 24.5. The Morgan fingerprint density at radius 3 is 2.09 bits per heavy atom. The molecule has 4 heteroatoms. The van der Waals surface area contributed by atoms with E-state index in [-0.39, 0.29) is 16.8 Å². The third-order valence-corrected chi connectivity index (χ3v) is 5.73. The van der Waals surface area contributed by atoms with E-state index >= 15 is 0 Å². The minimum absolute atomic E-state index is 0.0806. The number of ether oxygens (including phenoxy) is 2. The summed E-state index contributed by atoms with van der Waals surface area (Å²) in [5.74, 6) is -0.699. The van der Waals surface area contributed by atoms with Crippen LogP contribution >= 0.6 is 0 Å². The summed E-state index contributed by atoms with van der Waals surface area (Å²) < 4.78 is 10.4. The first-order valence-electron chi connectivity index (χ1n) is 8.37. The first-order chi connectivity index (χ1) is 9.99. The average molecular weight is 312 g/mol. The molecule has 0 aromatic heterocycles. The van der Waals surface area contributed by atoms with Crippen LogP contribution in [0.4, 0.5) is 0 Å². The van der Waals surface area contributed by atoms with Crippen molar-refractivity contribution >= 4 is 11.9 Å². The molecule has 1 saturated heterocycles. The Morgan fingerprint density at radius 1 is 1.18 bits per heavy atom. The number of carbonyl (C=O) groups is 2. The van der Waals surface area contributed by atoms with Gasteiger partial charge in [-0.25, -0.2) is 4.79 Å². The van der Waals surface area contributed by atoms with Crippen molar-refractivity contribution in [2.45, 2.75) is 80.3 Å². The summed E-state index contributed by atoms with van der Waals surface area (Å²) in [6.45, 7) is 15.0. The Bertz CT molecular complexity index is 417. The Hall–Kier alpha value is -1.06. The van der Waals surface area contributed by atoms with Crippen LogP contribution in [0.3, 0.4) is 0 Å². The van der Waals surface area contributed by atoms with Crippen molar-refractivity contribution in [2.75, 3.05) is 6.61 Å². The standard InChI is InChI=1S/C18H32O4/c1-8-17(6,9-2)12-18(7,16(3,4)5)15(20)22-13-10-11-21-14(13)19/h13H,8-12H2,1-7H3. The normalized spacial score (nSPS) is 22.1. The van der Waals surface area contributed by atoms with Gasteiger partial charge in [0.2, 0.25) is 6.10 Å². The molecule has 0 spiro atoms. The molecule has 0 aromatic carbocycles. The number of carbonyl (C=O) groups excluding carboxylic acids is 2. The Morgan fingerprint density at radius 2 is 1.73 bits per heavy atom. The fourth-order valence-corrected chi connectivity index (χ4v) is 2.84. The maximum atomic E-state index is 12.9. The van der Waals surface area contributed by atoms with Gasteiger partial charge in [-0.2, -0.15) is 0 Å². The van der Waals surface area contributed by atoms with Crippen molar-refractivity contribution in [1.82, 2.24) is 0 Å². The predicted molar refractivity (Wildman–Crippen MR) is 86.3 cm³/mol. The number of esters is 2. The van der Waals surface area contributed by atoms with E-state index < -0.39 is 17.5 Å². The highest BCUT2D eigenvalue weighted by Gasteiger charge is 2.50. The second-order valence-corrected chi connectivity index (χ2v) is 8.13. The van der Waals surface area contributed by atoms with Crippen molar-refractivity contribution in [2.24, 2.45) is 16.2 Å². The number of cyclic esters (lactones) is 1. The minimum atomic E-state index is -0.733. The molecule has 128 valence electrons. The van der Waals surface area contributed by atoms with E-state index in [0.717, 1.165) is 19.3 Å². The lowest BCUT2D eigenvalue weighted by Gasteiger charge is -2.45. The van der Waals surface area contributed by atoms with Gasteiger partial charge in [0.25, 0.3) is 0 Å². The molecule has 0 aliphatic carbocycles. The predicted octanol–water partition coefficient (Wildman–Crippen LogP) is 4.11. The lowest BCUT2D eigenvalue weighted by Crippen LogP contribution is -2.46. The van der Waals surface area contributed by atoms with Gasteiger partial charge in [-0.15, -0.1) is 0 Å². The Balaban J connectivity index is 3.01. The molecule has 0 bridgehead atoms. The van der Waals surface area contributed by atoms with Crippen LogP contribution < -0.4 is 0 Å². The second-order valence-electron chi connectivity index (χ2n) is 8.13. The van der Waals surface area contributed by atoms with Crippen molar-refractivity contribution in [3.05, 3.63) is 0 Å². The summed E-state index contributed by atoms with van der Waals surface area (Å²) >= 11 is 0. The molecule has 0 N–H and O–H groups in total. The topological polar surface area (TPSA) is 52.6 Å². The minimum Gasteiger partial charge on any atom is -0.463 e. The largest absolute Gasteiger partial charge is 0.463 e. The van der Waals surface area contributed by atoms with Crippen LogP contribution in [0.15, 0.2) is 0 Å². The van der Waals surface area contributed by atoms with Gasteiger partial charge in [-0.05, 0) is 24.2 Å². The summed E-state index contributed by atoms with van der Waals surface area (Å²) in [6.07, 6.45) is 2.49. The van der Waals surface area contributed by atoms with E-state index in [1.807, 2.05) is 6.92 Å². The van der Waals surface area contributed by atoms with Crippen molar-refractivity contribution in [3.63, 3.8) is 0 Å². The van der Waals surface area contributed by atoms with Crippen molar-refractivity contribution in [1.29, 1.82) is 0 Å². The number of hydrogen-bond acceptors (Lipinski definition) is 4. The van der Waals surface area contributed by atoms with Crippen LogP contribution in [0.25, 0.3) is 0 Å². The van der Waals surface area contributed by atoms with Gasteiger partial charge in [-0.1, -0.05) is 54.4 Å². The van der Waals surface area contributed by atoms with Gasteiger partial charge in [0, 0.05) is 6.42 Å². The molecule has 1 fully saturated rings. The molecule has 1 heterocycles. The fourth-order valence-electron chi connectivity index (χ4n) is 2.84. The molecule has 2 atom stereocenters. The lowest BCUT2D eigenvalue weighted by molar-refractivity contribution is -0.175. The summed E-state index contributed by atoms with van der Waals surface area (Å²) in [6, 6.07) is 0. The summed E-state index contributed by atoms with van der Waals surface area (Å²) in [7, 11) is 0. The molecule has 22 heavy (non-hydrogen) atoms. The van der Waals surface area contributed by atoms with Crippen LogP contribution in [0, 0.1) is 16.2 Å². The Kier molecular flexibility index (Phi) is 5.69. The van der Waals surface area contributed by atoms with Crippen LogP contribution in [0.1, 0.15) is 74.1 Å². The molecule has 2 unspecified atom stereocenters. The Labute approximate surface area is 134 Å². The van der Waals surface area contributed by atoms with Gasteiger partial charge < -0.3 is 9.47 Å². The second kappa shape index (κ2) is 6.59. The zero-order valence-corrected chi connectivity index (χ0v) is 15.2. The SMILES string of the molecule is CCC(C)(CC)CC(C)(C(=O)OC1CCOC1=O)C(C)(C)C. The maximum Gasteiger partial charge on any atom is 0.347 e. The molecule has 0 amide bonds. The van der Waals surface area contributed by atoms with E-state index in [9.17, 15) is 9.59 Å². The smallest absolute Gasteiger partial charge is 0.347 e. The van der Waals surface area contributed by atoms with E-state index in [2.05, 4.69) is 41.5 Å². The van der Waals surface area contributed by atoms with Crippen LogP contribution in [0.2, 0.25) is 0 Å². The lowest BCUT2D eigenvalue weighted by atomic mass is 9.59. The van der Waals surface area contributed by atoms with Crippen LogP contribution in [-0.4, -0.2) is 24.6 Å². The third-order valence-electron chi connectivity index (χ3n) is 5.73. The van der Waals surface area contributed by atoms with Gasteiger partial charge in [0.1, 0.15) is 0 Å². The van der Waals surface area contributed by atoms with E-state index in [1.54, 1.807) is 0 Å². The number of hydrogen-bond donors (Lipinski definition) is 0. The van der Waals surface area contributed by atoms with Crippen molar-refractivity contribution < 1.29 is 19.1 Å². The monoisotopic (exact) mass is 312 g/mol. The van der Waals surface area contributed by atoms with Crippen LogP contribution in [-0.2, 0) is 19.1 Å². The van der Waals surface area contributed by atoms with Crippen molar-refractivity contribution in [3.8, 4) is 0 Å². The van der Waals surface area contributed by atoms with E-state index in [0.29, 0.717) is 13.0 Å². The molecule has 0 radical (unpaired) electrons. The maximum absolute atomic E-state index is 12.9. The molecular weight excluding hydrogens is 280 g/mol. The molecule has 0 aromatic rings. The average Bonchev–Trinajstić information content (AvgIpc) is 2.82. The molecule has 1 rings (SSSR count). The molecule has 1 aliphatic rings. The molecule has 1 aliphatic heterocycles. The van der Waals surface area contributed by atoms with Gasteiger partial charge in [0.05, 0.1) is 12.0 Å². The fraction of sp³-hybridized carbons (Fsp3) is 0.889.